The highest BCUT2D eigenvalue weighted by Gasteiger charge is 2.42. The number of nitrogens with zero attached hydrogens (tertiary/aromatic N) is 2. The topological polar surface area (TPSA) is 66.9 Å². The molecule has 2 heterocycles. The maximum Gasteiger partial charge on any atom is 0.410 e. The molecule has 0 atom stereocenters. The number of carbonyl (C=O) groups excluding carboxylic acids is 3. The van der Waals surface area contributed by atoms with Crippen molar-refractivity contribution in [3.63, 3.8) is 0 Å². The molecule has 6 nitrogen and oxygen atoms in total. The van der Waals surface area contributed by atoms with E-state index in [1.54, 1.807) is 29.2 Å². The molecule has 2 aliphatic heterocycles. The first-order chi connectivity index (χ1) is 14.0. The van der Waals surface area contributed by atoms with Crippen molar-refractivity contribution in [1.29, 1.82) is 0 Å². The number of carbonyl (C=O) groups is 3. The van der Waals surface area contributed by atoms with E-state index >= 15 is 0 Å². The second kappa shape index (κ2) is 8.48. The van der Waals surface area contributed by atoms with Gasteiger partial charge in [0.25, 0.3) is 11.8 Å². The lowest BCUT2D eigenvalue weighted by Crippen LogP contribution is -2.53. The van der Waals surface area contributed by atoms with Gasteiger partial charge in [-0.1, -0.05) is 25.0 Å². The van der Waals surface area contributed by atoms with Gasteiger partial charge in [-0.2, -0.15) is 0 Å². The molecule has 0 saturated carbocycles. The molecule has 1 fully saturated rings. The summed E-state index contributed by atoms with van der Waals surface area (Å²) < 4.78 is 5.43. The number of amides is 3. The number of hydrogen-bond donors (Lipinski definition) is 0. The molecule has 30 heavy (non-hydrogen) atoms. The molecular formula is C22H28B2N2O4. The molecule has 0 unspecified atom stereocenters. The summed E-state index contributed by atoms with van der Waals surface area (Å²) in [6.07, 6.45) is 3.39. The van der Waals surface area contributed by atoms with Crippen LogP contribution in [0.3, 0.4) is 0 Å². The smallest absolute Gasteiger partial charge is 0.410 e. The van der Waals surface area contributed by atoms with Gasteiger partial charge < -0.3 is 9.64 Å². The average molecular weight is 406 g/mol. The Labute approximate surface area is 181 Å². The minimum absolute atomic E-state index is 0.269. The molecule has 156 valence electrons. The van der Waals surface area contributed by atoms with Gasteiger partial charge in [-0.3, -0.25) is 14.5 Å². The highest BCUT2D eigenvalue weighted by atomic mass is 16.6. The first-order valence-electron chi connectivity index (χ1n) is 10.5. The van der Waals surface area contributed by atoms with Crippen LogP contribution in [0.25, 0.3) is 0 Å². The molecule has 0 aromatic heterocycles. The normalized spacial score (nSPS) is 18.0. The van der Waals surface area contributed by atoms with Crippen molar-refractivity contribution >= 4 is 33.6 Å². The predicted molar refractivity (Wildman–Crippen MR) is 116 cm³/mol. The molecule has 2 aliphatic rings. The van der Waals surface area contributed by atoms with Crippen LogP contribution in [0.5, 0.6) is 0 Å². The van der Waals surface area contributed by atoms with E-state index in [-0.39, 0.29) is 6.09 Å². The van der Waals surface area contributed by atoms with Gasteiger partial charge in [-0.05, 0) is 63.4 Å². The monoisotopic (exact) mass is 406 g/mol. The second-order valence-corrected chi connectivity index (χ2v) is 9.29. The van der Waals surface area contributed by atoms with Gasteiger partial charge in [-0.25, -0.2) is 4.79 Å². The van der Waals surface area contributed by atoms with Gasteiger partial charge in [0.1, 0.15) is 5.60 Å². The van der Waals surface area contributed by atoms with Crippen LogP contribution in [0.4, 0.5) is 4.79 Å². The highest BCUT2D eigenvalue weighted by Crippen LogP contribution is 2.31. The summed E-state index contributed by atoms with van der Waals surface area (Å²) in [4.78, 5) is 40.1. The van der Waals surface area contributed by atoms with Crippen molar-refractivity contribution in [2.75, 3.05) is 13.1 Å². The first kappa shape index (κ1) is 22.4. The Hall–Kier alpha value is -2.24. The van der Waals surface area contributed by atoms with Crippen LogP contribution < -0.4 is 0 Å². The largest absolute Gasteiger partial charge is 0.444 e. The third-order valence-corrected chi connectivity index (χ3v) is 5.67. The van der Waals surface area contributed by atoms with Gasteiger partial charge in [0.05, 0.1) is 26.8 Å². The van der Waals surface area contributed by atoms with Gasteiger partial charge >= 0.3 is 6.09 Å². The Kier molecular flexibility index (Phi) is 6.34. The van der Waals surface area contributed by atoms with E-state index in [4.69, 9.17) is 20.4 Å². The summed E-state index contributed by atoms with van der Waals surface area (Å²) in [5, 5.41) is -1.52. The Bertz CT molecular complexity index is 792. The number of hydrogen-bond acceptors (Lipinski definition) is 4. The molecule has 0 bridgehead atoms. The summed E-state index contributed by atoms with van der Waals surface area (Å²) in [6, 6.07) is 6.66. The SMILES string of the molecule is [B]C([B])(CCCC1CCN(C(=O)OC(C)(C)C)CC1)N1C(=O)c2ccccc2C1=O. The Morgan fingerprint density at radius 3 is 2.10 bits per heavy atom. The Morgan fingerprint density at radius 1 is 1.07 bits per heavy atom. The van der Waals surface area contributed by atoms with Crippen LogP contribution in [0.2, 0.25) is 0 Å². The lowest BCUT2D eigenvalue weighted by molar-refractivity contribution is 0.0180. The van der Waals surface area contributed by atoms with Crippen LogP contribution in [0.1, 0.15) is 73.6 Å². The van der Waals surface area contributed by atoms with E-state index < -0.39 is 22.8 Å². The van der Waals surface area contributed by atoms with E-state index in [0.717, 1.165) is 24.2 Å². The molecule has 1 aromatic carbocycles. The van der Waals surface area contributed by atoms with Crippen molar-refractivity contribution in [1.82, 2.24) is 9.80 Å². The van der Waals surface area contributed by atoms with Crippen molar-refractivity contribution in [2.24, 2.45) is 5.92 Å². The fraction of sp³-hybridized carbons (Fsp3) is 0.591. The molecule has 3 amide bonds. The Balaban J connectivity index is 1.47. The van der Waals surface area contributed by atoms with Crippen LogP contribution in [0.15, 0.2) is 24.3 Å². The van der Waals surface area contributed by atoms with Crippen LogP contribution >= 0.6 is 0 Å². The van der Waals surface area contributed by atoms with Gasteiger partial charge in [0, 0.05) is 13.1 Å². The van der Waals surface area contributed by atoms with Crippen LogP contribution in [-0.4, -0.2) is 67.4 Å². The van der Waals surface area contributed by atoms with Gasteiger partial charge in [-0.15, -0.1) is 0 Å². The van der Waals surface area contributed by atoms with E-state index in [9.17, 15) is 14.4 Å². The van der Waals surface area contributed by atoms with Crippen LogP contribution in [-0.2, 0) is 4.74 Å². The van der Waals surface area contributed by atoms with E-state index in [1.165, 1.54) is 0 Å². The van der Waals surface area contributed by atoms with Crippen molar-refractivity contribution in [3.8, 4) is 0 Å². The molecule has 3 rings (SSSR count). The summed E-state index contributed by atoms with van der Waals surface area (Å²) >= 11 is 0. The number of fused-ring (bicyclic) bond motifs is 1. The number of benzene rings is 1. The van der Waals surface area contributed by atoms with Crippen molar-refractivity contribution in [2.45, 2.75) is 63.8 Å². The number of likely N-dealkylation sites (tertiary alicyclic amines) is 1. The third kappa shape index (κ3) is 4.90. The molecule has 4 radical (unpaired) electrons. The summed E-state index contributed by atoms with van der Waals surface area (Å²) in [6.45, 7) is 6.90. The fourth-order valence-corrected chi connectivity index (χ4v) is 4.08. The van der Waals surface area contributed by atoms with Crippen LogP contribution in [0, 0.1) is 5.92 Å². The maximum atomic E-state index is 12.6. The minimum Gasteiger partial charge on any atom is -0.444 e. The predicted octanol–water partition coefficient (Wildman–Crippen LogP) is 3.09. The molecule has 1 saturated heterocycles. The molecule has 0 aliphatic carbocycles. The number of piperidine rings is 1. The third-order valence-electron chi connectivity index (χ3n) is 5.67. The molecule has 1 aromatic rings. The standard InChI is InChI=1S/C22H28B2N2O4/c1-21(2,3)30-20(29)25-13-10-15(11-14-25)7-6-12-22(23,24)26-18(27)16-8-4-5-9-17(16)19(26)28/h4-5,8-9,15H,6-7,10-14H2,1-3H3. The summed E-state index contributed by atoms with van der Waals surface area (Å²) in [7, 11) is 12.4. The number of imide groups is 1. The van der Waals surface area contributed by atoms with E-state index in [2.05, 4.69) is 0 Å². The van der Waals surface area contributed by atoms with Crippen molar-refractivity contribution in [3.05, 3.63) is 35.4 Å². The maximum absolute atomic E-state index is 12.6. The lowest BCUT2D eigenvalue weighted by Gasteiger charge is -2.36. The van der Waals surface area contributed by atoms with Crippen molar-refractivity contribution < 1.29 is 19.1 Å². The highest BCUT2D eigenvalue weighted by molar-refractivity contribution is 6.44. The summed E-state index contributed by atoms with van der Waals surface area (Å²) in [5.74, 6) is -0.431. The Morgan fingerprint density at radius 2 is 1.60 bits per heavy atom. The quantitative estimate of drug-likeness (QED) is 0.557. The van der Waals surface area contributed by atoms with E-state index in [0.29, 0.717) is 43.0 Å². The summed E-state index contributed by atoms with van der Waals surface area (Å²) in [5.41, 5.74) is 0.193. The minimum atomic E-state index is -1.52. The lowest BCUT2D eigenvalue weighted by atomic mass is 9.58. The molecule has 0 N–H and O–H groups in total. The fourth-order valence-electron chi connectivity index (χ4n) is 4.08. The average Bonchev–Trinajstić information content (AvgIpc) is 2.92. The van der Waals surface area contributed by atoms with Gasteiger partial charge in [0.2, 0.25) is 0 Å². The molecular weight excluding hydrogens is 378 g/mol. The number of ether oxygens (including phenoxy) is 1. The molecule has 8 heteroatoms. The zero-order valence-electron chi connectivity index (χ0n) is 18.0. The van der Waals surface area contributed by atoms with E-state index in [1.807, 2.05) is 20.8 Å². The number of rotatable bonds is 5. The van der Waals surface area contributed by atoms with Gasteiger partial charge in [0.15, 0.2) is 0 Å². The molecule has 0 spiro atoms. The zero-order valence-corrected chi connectivity index (χ0v) is 18.0. The zero-order chi connectivity index (χ0) is 22.1. The first-order valence-corrected chi connectivity index (χ1v) is 10.5. The second-order valence-electron chi connectivity index (χ2n) is 9.29.